The van der Waals surface area contributed by atoms with Gasteiger partial charge in [-0.05, 0) is 57.4 Å². The average molecular weight is 431 g/mol. The topological polar surface area (TPSA) is 75.7 Å². The Kier molecular flexibility index (Phi) is 7.15. The fourth-order valence-corrected chi connectivity index (χ4v) is 5.09. The van der Waals surface area contributed by atoms with Gasteiger partial charge in [0.2, 0.25) is 15.9 Å². The third-order valence-corrected chi connectivity index (χ3v) is 7.26. The smallest absolute Gasteiger partial charge is 0.243 e. The first-order valence-corrected chi connectivity index (χ1v) is 11.8. The van der Waals surface area contributed by atoms with Crippen LogP contribution in [0.15, 0.2) is 53.4 Å². The van der Waals surface area contributed by atoms with Crippen molar-refractivity contribution < 1.29 is 17.9 Å². The molecule has 30 heavy (non-hydrogen) atoms. The number of nitrogens with one attached hydrogen (secondary N) is 1. The summed E-state index contributed by atoms with van der Waals surface area (Å²) < 4.78 is 33.1. The maximum Gasteiger partial charge on any atom is 0.243 e. The lowest BCUT2D eigenvalue weighted by molar-refractivity contribution is -0.126. The Bertz CT molecular complexity index is 973. The second-order valence-electron chi connectivity index (χ2n) is 8.00. The van der Waals surface area contributed by atoms with E-state index in [1.165, 1.54) is 4.31 Å². The number of ether oxygens (including phenoxy) is 1. The van der Waals surface area contributed by atoms with Crippen LogP contribution in [0.2, 0.25) is 0 Å². The molecule has 1 amide bonds. The molecule has 162 valence electrons. The van der Waals surface area contributed by atoms with E-state index in [1.807, 2.05) is 45.0 Å². The van der Waals surface area contributed by atoms with Gasteiger partial charge in [0.1, 0.15) is 12.4 Å². The molecule has 2 aromatic carbocycles. The van der Waals surface area contributed by atoms with Crippen molar-refractivity contribution in [2.45, 2.75) is 44.6 Å². The van der Waals surface area contributed by atoms with E-state index in [1.54, 1.807) is 24.3 Å². The molecule has 3 rings (SSSR count). The van der Waals surface area contributed by atoms with E-state index < -0.39 is 10.0 Å². The number of amides is 1. The fourth-order valence-electron chi connectivity index (χ4n) is 3.57. The van der Waals surface area contributed by atoms with Crippen LogP contribution < -0.4 is 10.1 Å². The van der Waals surface area contributed by atoms with Gasteiger partial charge in [0.15, 0.2) is 0 Å². The largest absolute Gasteiger partial charge is 0.491 e. The molecule has 0 unspecified atom stereocenters. The Labute approximate surface area is 179 Å². The zero-order valence-electron chi connectivity index (χ0n) is 17.8. The number of para-hydroxylation sites is 1. The Morgan fingerprint density at radius 1 is 1.17 bits per heavy atom. The molecule has 0 saturated carbocycles. The maximum atomic E-state index is 13.0. The first kappa shape index (κ1) is 22.3. The lowest BCUT2D eigenvalue weighted by atomic mass is 9.98. The molecule has 1 fully saturated rings. The number of nitrogens with zero attached hydrogens (tertiary/aromatic N) is 1. The van der Waals surface area contributed by atoms with Gasteiger partial charge < -0.3 is 10.1 Å². The highest BCUT2D eigenvalue weighted by Gasteiger charge is 2.33. The highest BCUT2D eigenvalue weighted by Crippen LogP contribution is 2.24. The van der Waals surface area contributed by atoms with Gasteiger partial charge in [0, 0.05) is 13.1 Å². The average Bonchev–Trinajstić information content (AvgIpc) is 2.73. The lowest BCUT2D eigenvalue weighted by Crippen LogP contribution is -2.48. The van der Waals surface area contributed by atoms with Crippen LogP contribution in [-0.4, -0.2) is 44.4 Å². The van der Waals surface area contributed by atoms with Crippen molar-refractivity contribution >= 4 is 15.9 Å². The van der Waals surface area contributed by atoms with E-state index in [0.29, 0.717) is 26.0 Å². The van der Waals surface area contributed by atoms with Gasteiger partial charge in [-0.25, -0.2) is 8.42 Å². The first-order chi connectivity index (χ1) is 14.3. The van der Waals surface area contributed by atoms with Gasteiger partial charge in [0.25, 0.3) is 0 Å². The first-order valence-electron chi connectivity index (χ1n) is 10.3. The highest BCUT2D eigenvalue weighted by molar-refractivity contribution is 7.89. The van der Waals surface area contributed by atoms with Gasteiger partial charge in [-0.1, -0.05) is 35.9 Å². The van der Waals surface area contributed by atoms with Gasteiger partial charge in [-0.2, -0.15) is 4.31 Å². The minimum Gasteiger partial charge on any atom is -0.491 e. The second-order valence-corrected chi connectivity index (χ2v) is 9.94. The molecule has 2 atom stereocenters. The number of benzene rings is 2. The Balaban J connectivity index is 1.57. The molecule has 0 radical (unpaired) electrons. The number of hydrogen-bond donors (Lipinski definition) is 1. The Morgan fingerprint density at radius 2 is 1.87 bits per heavy atom. The number of carbonyl (C=O) groups is 1. The third kappa shape index (κ3) is 5.40. The quantitative estimate of drug-likeness (QED) is 0.731. The molecular weight excluding hydrogens is 400 g/mol. The molecule has 6 nitrogen and oxygen atoms in total. The summed E-state index contributed by atoms with van der Waals surface area (Å²) in [5.74, 6) is 0.311. The van der Waals surface area contributed by atoms with E-state index in [-0.39, 0.29) is 29.3 Å². The number of aryl methyl sites for hydroxylation is 2. The van der Waals surface area contributed by atoms with Gasteiger partial charge in [-0.3, -0.25) is 4.79 Å². The third-order valence-electron chi connectivity index (χ3n) is 5.38. The van der Waals surface area contributed by atoms with Crippen LogP contribution >= 0.6 is 0 Å². The molecule has 0 aromatic heterocycles. The number of rotatable bonds is 7. The molecule has 0 aliphatic carbocycles. The van der Waals surface area contributed by atoms with Crippen molar-refractivity contribution in [3.8, 4) is 5.75 Å². The normalized spacial score (nSPS) is 18.6. The minimum absolute atomic E-state index is 0.125. The van der Waals surface area contributed by atoms with Gasteiger partial charge in [0.05, 0.1) is 16.9 Å². The van der Waals surface area contributed by atoms with E-state index in [4.69, 9.17) is 4.74 Å². The van der Waals surface area contributed by atoms with Gasteiger partial charge in [-0.15, -0.1) is 0 Å². The second kappa shape index (κ2) is 9.62. The summed E-state index contributed by atoms with van der Waals surface area (Å²) in [4.78, 5) is 13.0. The summed E-state index contributed by atoms with van der Waals surface area (Å²) in [6, 6.07) is 14.4. The summed E-state index contributed by atoms with van der Waals surface area (Å²) in [7, 11) is -3.60. The lowest BCUT2D eigenvalue weighted by Gasteiger charge is -2.32. The van der Waals surface area contributed by atoms with Crippen LogP contribution in [0.4, 0.5) is 0 Å². The van der Waals surface area contributed by atoms with Crippen LogP contribution in [-0.2, 0) is 14.8 Å². The summed E-state index contributed by atoms with van der Waals surface area (Å²) in [6.07, 6.45) is 1.34. The van der Waals surface area contributed by atoms with Crippen molar-refractivity contribution in [1.82, 2.24) is 9.62 Å². The number of sulfonamides is 1. The molecule has 1 N–H and O–H groups in total. The van der Waals surface area contributed by atoms with E-state index in [9.17, 15) is 13.2 Å². The minimum atomic E-state index is -3.60. The zero-order valence-corrected chi connectivity index (χ0v) is 18.6. The maximum absolute atomic E-state index is 13.0. The Hall–Kier alpha value is -2.38. The number of hydrogen-bond acceptors (Lipinski definition) is 4. The fraction of sp³-hybridized carbons (Fsp3) is 0.435. The van der Waals surface area contributed by atoms with E-state index >= 15 is 0 Å². The van der Waals surface area contributed by atoms with Crippen LogP contribution in [0.3, 0.4) is 0 Å². The van der Waals surface area contributed by atoms with Crippen molar-refractivity contribution in [2.24, 2.45) is 5.92 Å². The van der Waals surface area contributed by atoms with Crippen molar-refractivity contribution in [2.75, 3.05) is 19.7 Å². The summed E-state index contributed by atoms with van der Waals surface area (Å²) in [6.45, 7) is 6.78. The van der Waals surface area contributed by atoms with E-state index in [2.05, 4.69) is 5.32 Å². The van der Waals surface area contributed by atoms with Crippen LogP contribution in [0.5, 0.6) is 5.75 Å². The molecule has 7 heteroatoms. The molecule has 1 aliphatic rings. The molecule has 1 aliphatic heterocycles. The van der Waals surface area contributed by atoms with Crippen molar-refractivity contribution in [1.29, 1.82) is 0 Å². The van der Waals surface area contributed by atoms with Crippen LogP contribution in [0, 0.1) is 19.8 Å². The zero-order chi connectivity index (χ0) is 21.7. The summed E-state index contributed by atoms with van der Waals surface area (Å²) in [5.41, 5.74) is 2.05. The number of piperidine rings is 1. The SMILES string of the molecule is Cc1ccc(S(=O)(=O)N2CCC[C@@H](C(=O)N[C@@H](C)COc3ccccc3C)C2)cc1. The molecule has 2 aromatic rings. The van der Waals surface area contributed by atoms with Crippen molar-refractivity contribution in [3.63, 3.8) is 0 Å². The summed E-state index contributed by atoms with van der Waals surface area (Å²) in [5, 5.41) is 2.97. The van der Waals surface area contributed by atoms with E-state index in [0.717, 1.165) is 16.9 Å². The monoisotopic (exact) mass is 430 g/mol. The number of carbonyl (C=O) groups excluding carboxylic acids is 1. The molecular formula is C23H30N2O4S. The van der Waals surface area contributed by atoms with Gasteiger partial charge >= 0.3 is 0 Å². The molecule has 0 bridgehead atoms. The molecule has 1 saturated heterocycles. The molecule has 0 spiro atoms. The van der Waals surface area contributed by atoms with Crippen molar-refractivity contribution in [3.05, 3.63) is 59.7 Å². The molecule has 1 heterocycles. The Morgan fingerprint density at radius 3 is 2.57 bits per heavy atom. The predicted molar refractivity (Wildman–Crippen MR) is 117 cm³/mol. The predicted octanol–water partition coefficient (Wildman–Crippen LogP) is 3.29. The van der Waals surface area contributed by atoms with Crippen LogP contribution in [0.1, 0.15) is 30.9 Å². The highest BCUT2D eigenvalue weighted by atomic mass is 32.2. The standard InChI is InChI=1S/C23H30N2O4S/c1-17-10-12-21(13-11-17)30(27,28)25-14-6-8-20(15-25)23(26)24-19(3)16-29-22-9-5-4-7-18(22)2/h4-5,7,9-13,19-20H,6,8,14-16H2,1-3H3,(H,24,26)/t19-,20+/m0/s1. The summed E-state index contributed by atoms with van der Waals surface area (Å²) >= 11 is 0. The van der Waals surface area contributed by atoms with Crippen LogP contribution in [0.25, 0.3) is 0 Å².